The highest BCUT2D eigenvalue weighted by molar-refractivity contribution is 5.88. The van der Waals surface area contributed by atoms with Gasteiger partial charge < -0.3 is 9.52 Å². The van der Waals surface area contributed by atoms with Gasteiger partial charge in [0.25, 0.3) is 0 Å². The summed E-state index contributed by atoms with van der Waals surface area (Å²) in [6.07, 6.45) is 4.88. The van der Waals surface area contributed by atoms with Crippen LogP contribution >= 0.6 is 0 Å². The van der Waals surface area contributed by atoms with Crippen molar-refractivity contribution < 1.29 is 14.3 Å². The Hall–Kier alpha value is -1.29. The Bertz CT molecular complexity index is 421. The van der Waals surface area contributed by atoms with Crippen molar-refractivity contribution in [3.05, 3.63) is 23.2 Å². The quantitative estimate of drug-likeness (QED) is 0.809. The Balaban J connectivity index is 2.01. The number of furan rings is 1. The van der Waals surface area contributed by atoms with Gasteiger partial charge in [0.2, 0.25) is 0 Å². The van der Waals surface area contributed by atoms with E-state index in [1.807, 2.05) is 0 Å². The van der Waals surface area contributed by atoms with Gasteiger partial charge >= 0.3 is 5.97 Å². The number of aryl methyl sites for hydroxylation is 1. The molecular formula is C14H21NO3. The Morgan fingerprint density at radius 1 is 1.56 bits per heavy atom. The fourth-order valence-corrected chi connectivity index (χ4v) is 2.23. The molecule has 1 aromatic heterocycles. The number of carbonyl (C=O) groups is 1. The van der Waals surface area contributed by atoms with Crippen molar-refractivity contribution in [1.82, 2.24) is 4.90 Å². The van der Waals surface area contributed by atoms with Crippen LogP contribution in [-0.2, 0) is 6.54 Å². The summed E-state index contributed by atoms with van der Waals surface area (Å²) in [5.41, 5.74) is 0.288. The summed E-state index contributed by atoms with van der Waals surface area (Å²) in [6, 6.07) is 2.34. The van der Waals surface area contributed by atoms with Crippen LogP contribution in [0.4, 0.5) is 0 Å². The molecular weight excluding hydrogens is 230 g/mol. The summed E-state index contributed by atoms with van der Waals surface area (Å²) >= 11 is 0. The molecule has 2 rings (SSSR count). The van der Waals surface area contributed by atoms with Crippen molar-refractivity contribution in [2.24, 2.45) is 0 Å². The lowest BCUT2D eigenvalue weighted by atomic mass is 10.2. The van der Waals surface area contributed by atoms with Crippen LogP contribution in [-0.4, -0.2) is 28.6 Å². The smallest absolute Gasteiger partial charge is 0.339 e. The number of nitrogens with zero attached hydrogens (tertiary/aromatic N) is 1. The van der Waals surface area contributed by atoms with Crippen molar-refractivity contribution in [2.75, 3.05) is 6.54 Å². The van der Waals surface area contributed by atoms with Crippen LogP contribution in [0.15, 0.2) is 10.5 Å². The third-order valence-electron chi connectivity index (χ3n) is 3.42. The first-order valence-corrected chi connectivity index (χ1v) is 6.68. The van der Waals surface area contributed by atoms with Gasteiger partial charge in [-0.05, 0) is 38.8 Å². The topological polar surface area (TPSA) is 53.7 Å². The molecule has 0 atom stereocenters. The first kappa shape index (κ1) is 13.1. The molecule has 1 heterocycles. The number of hydrogen-bond donors (Lipinski definition) is 1. The van der Waals surface area contributed by atoms with E-state index in [0.717, 1.165) is 18.8 Å². The Labute approximate surface area is 108 Å². The molecule has 100 valence electrons. The van der Waals surface area contributed by atoms with Gasteiger partial charge in [0, 0.05) is 6.04 Å². The molecule has 0 saturated heterocycles. The molecule has 1 aromatic rings. The van der Waals surface area contributed by atoms with Gasteiger partial charge in [-0.15, -0.1) is 0 Å². The fraction of sp³-hybridized carbons (Fsp3) is 0.643. The van der Waals surface area contributed by atoms with E-state index in [0.29, 0.717) is 11.8 Å². The summed E-state index contributed by atoms with van der Waals surface area (Å²) in [5.74, 6) is 0.366. The van der Waals surface area contributed by atoms with Crippen LogP contribution < -0.4 is 0 Å². The molecule has 18 heavy (non-hydrogen) atoms. The van der Waals surface area contributed by atoms with E-state index in [4.69, 9.17) is 9.52 Å². The molecule has 0 aliphatic heterocycles. The highest BCUT2D eigenvalue weighted by Gasteiger charge is 2.29. The molecule has 4 heteroatoms. The predicted molar refractivity (Wildman–Crippen MR) is 68.7 cm³/mol. The summed E-state index contributed by atoms with van der Waals surface area (Å²) in [7, 11) is 0. The SMILES string of the molecule is CCCCN(Cc1cc(C(=O)O)c(C)o1)C1CC1. The molecule has 0 unspecified atom stereocenters. The molecule has 1 fully saturated rings. The van der Waals surface area contributed by atoms with Gasteiger partial charge in [-0.1, -0.05) is 13.3 Å². The second kappa shape index (κ2) is 5.57. The minimum absolute atomic E-state index is 0.288. The van der Waals surface area contributed by atoms with E-state index in [2.05, 4.69) is 11.8 Å². The first-order valence-electron chi connectivity index (χ1n) is 6.68. The van der Waals surface area contributed by atoms with Crippen molar-refractivity contribution in [2.45, 2.75) is 52.1 Å². The minimum Gasteiger partial charge on any atom is -0.478 e. The summed E-state index contributed by atoms with van der Waals surface area (Å²) in [6.45, 7) is 5.70. The average molecular weight is 251 g/mol. The monoisotopic (exact) mass is 251 g/mol. The van der Waals surface area contributed by atoms with Crippen LogP contribution in [0.2, 0.25) is 0 Å². The number of unbranched alkanes of at least 4 members (excludes halogenated alkanes) is 1. The lowest BCUT2D eigenvalue weighted by Crippen LogP contribution is -2.26. The lowest BCUT2D eigenvalue weighted by Gasteiger charge is -2.20. The van der Waals surface area contributed by atoms with Gasteiger partial charge in [-0.2, -0.15) is 0 Å². The zero-order chi connectivity index (χ0) is 13.1. The number of carboxylic acids is 1. The van der Waals surface area contributed by atoms with E-state index < -0.39 is 5.97 Å². The zero-order valence-electron chi connectivity index (χ0n) is 11.1. The molecule has 0 radical (unpaired) electrons. The number of aromatic carboxylic acids is 1. The predicted octanol–water partition coefficient (Wildman–Crippen LogP) is 3.05. The first-order chi connectivity index (χ1) is 8.61. The van der Waals surface area contributed by atoms with Crippen LogP contribution in [0.25, 0.3) is 0 Å². The molecule has 1 aliphatic carbocycles. The van der Waals surface area contributed by atoms with Crippen LogP contribution in [0.3, 0.4) is 0 Å². The van der Waals surface area contributed by atoms with E-state index in [1.54, 1.807) is 13.0 Å². The molecule has 0 spiro atoms. The maximum Gasteiger partial charge on any atom is 0.339 e. The number of hydrogen-bond acceptors (Lipinski definition) is 3. The largest absolute Gasteiger partial charge is 0.478 e. The van der Waals surface area contributed by atoms with Gasteiger partial charge in [0.1, 0.15) is 17.1 Å². The van der Waals surface area contributed by atoms with Crippen molar-refractivity contribution in [3.8, 4) is 0 Å². The van der Waals surface area contributed by atoms with Gasteiger partial charge in [0.05, 0.1) is 6.54 Å². The van der Waals surface area contributed by atoms with Crippen LogP contribution in [0, 0.1) is 6.92 Å². The number of carboxylic acid groups (broad SMARTS) is 1. The molecule has 1 saturated carbocycles. The number of rotatable bonds is 7. The summed E-state index contributed by atoms with van der Waals surface area (Å²) < 4.78 is 5.54. The minimum atomic E-state index is -0.908. The fourth-order valence-electron chi connectivity index (χ4n) is 2.23. The molecule has 0 amide bonds. The van der Waals surface area contributed by atoms with Gasteiger partial charge in [-0.25, -0.2) is 4.79 Å². The normalized spacial score (nSPS) is 15.3. The molecule has 1 aliphatic rings. The zero-order valence-corrected chi connectivity index (χ0v) is 11.1. The highest BCUT2D eigenvalue weighted by Crippen LogP contribution is 2.29. The maximum atomic E-state index is 11.0. The molecule has 0 bridgehead atoms. The second-order valence-corrected chi connectivity index (χ2v) is 5.04. The lowest BCUT2D eigenvalue weighted by molar-refractivity contribution is 0.0695. The summed E-state index contributed by atoms with van der Waals surface area (Å²) in [4.78, 5) is 13.4. The van der Waals surface area contributed by atoms with Crippen molar-refractivity contribution in [3.63, 3.8) is 0 Å². The van der Waals surface area contributed by atoms with E-state index in [-0.39, 0.29) is 5.56 Å². The van der Waals surface area contributed by atoms with Crippen molar-refractivity contribution >= 4 is 5.97 Å². The van der Waals surface area contributed by atoms with Crippen LogP contribution in [0.5, 0.6) is 0 Å². The second-order valence-electron chi connectivity index (χ2n) is 5.04. The van der Waals surface area contributed by atoms with Crippen LogP contribution in [0.1, 0.15) is 54.5 Å². The maximum absolute atomic E-state index is 11.0. The Kier molecular flexibility index (Phi) is 4.07. The molecule has 1 N–H and O–H groups in total. The summed E-state index contributed by atoms with van der Waals surface area (Å²) in [5, 5.41) is 9.00. The molecule has 4 nitrogen and oxygen atoms in total. The van der Waals surface area contributed by atoms with Gasteiger partial charge in [-0.3, -0.25) is 4.90 Å². The van der Waals surface area contributed by atoms with E-state index >= 15 is 0 Å². The average Bonchev–Trinajstić information content (AvgIpc) is 3.09. The highest BCUT2D eigenvalue weighted by atomic mass is 16.4. The third-order valence-corrected chi connectivity index (χ3v) is 3.42. The van der Waals surface area contributed by atoms with Gasteiger partial charge in [0.15, 0.2) is 0 Å². The van der Waals surface area contributed by atoms with E-state index in [9.17, 15) is 4.79 Å². The Morgan fingerprint density at radius 3 is 2.78 bits per heavy atom. The van der Waals surface area contributed by atoms with E-state index in [1.165, 1.54) is 25.7 Å². The standard InChI is InChI=1S/C14H21NO3/c1-3-4-7-15(11-5-6-11)9-12-8-13(14(16)17)10(2)18-12/h8,11H,3-7,9H2,1-2H3,(H,16,17). The Morgan fingerprint density at radius 2 is 2.28 bits per heavy atom. The van der Waals surface area contributed by atoms with Crippen molar-refractivity contribution in [1.29, 1.82) is 0 Å². The molecule has 0 aromatic carbocycles. The third kappa shape index (κ3) is 3.13.